The fourth-order valence-electron chi connectivity index (χ4n) is 3.87. The first kappa shape index (κ1) is 20.8. The molecule has 6 heteroatoms. The highest BCUT2D eigenvalue weighted by Crippen LogP contribution is 2.23. The van der Waals surface area contributed by atoms with Crippen molar-refractivity contribution in [2.45, 2.75) is 44.7 Å². The molecule has 1 heterocycles. The molecular weight excluding hydrogens is 388 g/mol. The molecule has 160 valence electrons. The second-order valence-electron chi connectivity index (χ2n) is 7.88. The summed E-state index contributed by atoms with van der Waals surface area (Å²) in [5.74, 6) is 1.55. The fourth-order valence-corrected chi connectivity index (χ4v) is 3.87. The number of carbonyl (C=O) groups is 1. The van der Waals surface area contributed by atoms with Crippen LogP contribution in [0.5, 0.6) is 5.75 Å². The van der Waals surface area contributed by atoms with E-state index in [4.69, 9.17) is 4.74 Å². The van der Waals surface area contributed by atoms with Gasteiger partial charge in [-0.25, -0.2) is 9.97 Å². The van der Waals surface area contributed by atoms with Gasteiger partial charge in [0.1, 0.15) is 17.9 Å². The topological polar surface area (TPSA) is 76.1 Å². The third-order valence-electron chi connectivity index (χ3n) is 5.68. The highest BCUT2D eigenvalue weighted by atomic mass is 16.5. The summed E-state index contributed by atoms with van der Waals surface area (Å²) < 4.78 is 5.16. The highest BCUT2D eigenvalue weighted by molar-refractivity contribution is 5.94. The van der Waals surface area contributed by atoms with Crippen LogP contribution < -0.4 is 15.4 Å². The van der Waals surface area contributed by atoms with E-state index < -0.39 is 0 Å². The molecular formula is C25H28N4O2. The molecule has 0 aliphatic heterocycles. The van der Waals surface area contributed by atoms with E-state index in [1.165, 1.54) is 32.1 Å². The minimum Gasteiger partial charge on any atom is -0.497 e. The maximum Gasteiger partial charge on any atom is 0.251 e. The van der Waals surface area contributed by atoms with Crippen LogP contribution in [0.25, 0.3) is 11.3 Å². The minimum absolute atomic E-state index is 0.107. The van der Waals surface area contributed by atoms with Gasteiger partial charge in [0.15, 0.2) is 0 Å². The van der Waals surface area contributed by atoms with Crippen molar-refractivity contribution in [1.29, 1.82) is 0 Å². The minimum atomic E-state index is -0.107. The van der Waals surface area contributed by atoms with E-state index in [2.05, 4.69) is 20.6 Å². The van der Waals surface area contributed by atoms with Crippen molar-refractivity contribution in [3.63, 3.8) is 0 Å². The molecule has 31 heavy (non-hydrogen) atoms. The second-order valence-corrected chi connectivity index (χ2v) is 7.88. The molecule has 2 aromatic carbocycles. The lowest BCUT2D eigenvalue weighted by Crippen LogP contribution is -2.23. The number of ether oxygens (including phenoxy) is 1. The molecule has 1 aromatic heterocycles. The monoisotopic (exact) mass is 416 g/mol. The number of carbonyl (C=O) groups excluding carboxylic acids is 1. The van der Waals surface area contributed by atoms with Gasteiger partial charge in [0.2, 0.25) is 0 Å². The SMILES string of the molecule is COc1ccc(CNC(=O)c2ccc(-c3cc(NC4CCCCC4)ncn3)cc2)cc1. The molecule has 6 nitrogen and oxygen atoms in total. The molecule has 1 amide bonds. The smallest absolute Gasteiger partial charge is 0.251 e. The number of hydrogen-bond donors (Lipinski definition) is 2. The van der Waals surface area contributed by atoms with Gasteiger partial charge in [0.05, 0.1) is 12.8 Å². The number of hydrogen-bond acceptors (Lipinski definition) is 5. The third kappa shape index (κ3) is 5.60. The van der Waals surface area contributed by atoms with E-state index >= 15 is 0 Å². The van der Waals surface area contributed by atoms with Crippen LogP contribution in [0.2, 0.25) is 0 Å². The molecule has 3 aromatic rings. The quantitative estimate of drug-likeness (QED) is 0.577. The first-order valence-corrected chi connectivity index (χ1v) is 10.8. The first-order chi connectivity index (χ1) is 15.2. The lowest BCUT2D eigenvalue weighted by molar-refractivity contribution is 0.0951. The largest absolute Gasteiger partial charge is 0.497 e. The van der Waals surface area contributed by atoms with Gasteiger partial charge in [-0.3, -0.25) is 4.79 Å². The Labute approximate surface area is 183 Å². The van der Waals surface area contributed by atoms with E-state index in [0.29, 0.717) is 18.2 Å². The van der Waals surface area contributed by atoms with Crippen molar-refractivity contribution in [3.8, 4) is 17.0 Å². The molecule has 0 spiro atoms. The number of aromatic nitrogens is 2. The van der Waals surface area contributed by atoms with Crippen molar-refractivity contribution in [1.82, 2.24) is 15.3 Å². The van der Waals surface area contributed by atoms with E-state index in [0.717, 1.165) is 28.4 Å². The predicted molar refractivity (Wildman–Crippen MR) is 122 cm³/mol. The van der Waals surface area contributed by atoms with Crippen molar-refractivity contribution in [2.75, 3.05) is 12.4 Å². The van der Waals surface area contributed by atoms with Crippen LogP contribution in [0.15, 0.2) is 60.9 Å². The van der Waals surface area contributed by atoms with E-state index in [9.17, 15) is 4.79 Å². The average Bonchev–Trinajstić information content (AvgIpc) is 2.84. The summed E-state index contributed by atoms with van der Waals surface area (Å²) >= 11 is 0. The molecule has 0 radical (unpaired) electrons. The predicted octanol–water partition coefficient (Wildman–Crippen LogP) is 4.83. The van der Waals surface area contributed by atoms with Crippen LogP contribution in [0.1, 0.15) is 48.0 Å². The van der Waals surface area contributed by atoms with Crippen LogP contribution in [0.3, 0.4) is 0 Å². The van der Waals surface area contributed by atoms with Gasteiger partial charge in [0, 0.05) is 29.8 Å². The number of nitrogens with one attached hydrogen (secondary N) is 2. The highest BCUT2D eigenvalue weighted by Gasteiger charge is 2.14. The molecule has 0 bridgehead atoms. The van der Waals surface area contributed by atoms with Crippen LogP contribution in [0.4, 0.5) is 5.82 Å². The maximum absolute atomic E-state index is 12.5. The normalized spacial score (nSPS) is 14.1. The summed E-state index contributed by atoms with van der Waals surface area (Å²) in [6.45, 7) is 0.465. The lowest BCUT2D eigenvalue weighted by Gasteiger charge is -2.23. The van der Waals surface area contributed by atoms with Crippen molar-refractivity contribution >= 4 is 11.7 Å². The van der Waals surface area contributed by atoms with E-state index in [-0.39, 0.29) is 5.91 Å². The van der Waals surface area contributed by atoms with Crippen molar-refractivity contribution < 1.29 is 9.53 Å². The Morgan fingerprint density at radius 1 is 1.00 bits per heavy atom. The Morgan fingerprint density at radius 3 is 2.45 bits per heavy atom. The Kier molecular flexibility index (Phi) is 6.77. The number of nitrogens with zero attached hydrogens (tertiary/aromatic N) is 2. The molecule has 1 saturated carbocycles. The van der Waals surface area contributed by atoms with Crippen molar-refractivity contribution in [3.05, 3.63) is 72.1 Å². The number of rotatable bonds is 7. The number of benzene rings is 2. The summed E-state index contributed by atoms with van der Waals surface area (Å²) in [4.78, 5) is 21.3. The number of methoxy groups -OCH3 is 1. The Morgan fingerprint density at radius 2 is 1.74 bits per heavy atom. The Hall–Kier alpha value is -3.41. The molecule has 0 unspecified atom stereocenters. The molecule has 0 atom stereocenters. The second kappa shape index (κ2) is 10.1. The maximum atomic E-state index is 12.5. The van der Waals surface area contributed by atoms with Gasteiger partial charge in [-0.05, 0) is 42.7 Å². The third-order valence-corrected chi connectivity index (χ3v) is 5.68. The zero-order chi connectivity index (χ0) is 21.5. The van der Waals surface area contributed by atoms with Gasteiger partial charge < -0.3 is 15.4 Å². The molecule has 0 saturated heterocycles. The molecule has 2 N–H and O–H groups in total. The molecule has 1 aliphatic carbocycles. The number of anilines is 1. The zero-order valence-corrected chi connectivity index (χ0v) is 17.8. The lowest BCUT2D eigenvalue weighted by atomic mass is 9.95. The molecule has 4 rings (SSSR count). The summed E-state index contributed by atoms with van der Waals surface area (Å²) in [7, 11) is 1.63. The first-order valence-electron chi connectivity index (χ1n) is 10.8. The molecule has 1 aliphatic rings. The van der Waals surface area contributed by atoms with Crippen molar-refractivity contribution in [2.24, 2.45) is 0 Å². The van der Waals surface area contributed by atoms with E-state index in [1.54, 1.807) is 13.4 Å². The Balaban J connectivity index is 1.37. The van der Waals surface area contributed by atoms with Gasteiger partial charge in [0.25, 0.3) is 5.91 Å². The van der Waals surface area contributed by atoms with Gasteiger partial charge >= 0.3 is 0 Å². The Bertz CT molecular complexity index is 997. The zero-order valence-electron chi connectivity index (χ0n) is 17.8. The number of amides is 1. The summed E-state index contributed by atoms with van der Waals surface area (Å²) in [5, 5.41) is 6.49. The van der Waals surface area contributed by atoms with Gasteiger partial charge in [-0.1, -0.05) is 43.5 Å². The summed E-state index contributed by atoms with van der Waals surface area (Å²) in [6, 6.07) is 17.6. The van der Waals surface area contributed by atoms with Crippen LogP contribution in [-0.2, 0) is 6.54 Å². The average molecular weight is 417 g/mol. The summed E-state index contributed by atoms with van der Waals surface area (Å²) in [6.07, 6.45) is 7.86. The molecule has 1 fully saturated rings. The standard InChI is InChI=1S/C25H28N4O2/c1-31-22-13-7-18(8-14-22)16-26-25(30)20-11-9-19(10-12-20)23-15-24(28-17-27-23)29-21-5-3-2-4-6-21/h7-15,17,21H,2-6,16H2,1H3,(H,26,30)(H,27,28,29). The van der Waals surface area contributed by atoms with Crippen LogP contribution in [0, 0.1) is 0 Å². The van der Waals surface area contributed by atoms with Crippen LogP contribution in [-0.4, -0.2) is 29.0 Å². The van der Waals surface area contributed by atoms with Crippen LogP contribution >= 0.6 is 0 Å². The fraction of sp³-hybridized carbons (Fsp3) is 0.320. The van der Waals surface area contributed by atoms with E-state index in [1.807, 2.05) is 54.6 Å². The van der Waals surface area contributed by atoms with Gasteiger partial charge in [-0.2, -0.15) is 0 Å². The summed E-state index contributed by atoms with van der Waals surface area (Å²) in [5.41, 5.74) is 3.44. The van der Waals surface area contributed by atoms with Gasteiger partial charge in [-0.15, -0.1) is 0 Å².